The second-order valence-electron chi connectivity index (χ2n) is 18.8. The van der Waals surface area contributed by atoms with Gasteiger partial charge >= 0.3 is 0 Å². The van der Waals surface area contributed by atoms with Crippen LogP contribution in [0.5, 0.6) is 0 Å². The summed E-state index contributed by atoms with van der Waals surface area (Å²) in [6, 6.07) is 22.9. The summed E-state index contributed by atoms with van der Waals surface area (Å²) in [4.78, 5) is 2.68. The lowest BCUT2D eigenvalue weighted by atomic mass is 9.33. The number of aryl methyl sites for hydroxylation is 8. The van der Waals surface area contributed by atoms with Crippen molar-refractivity contribution in [1.82, 2.24) is 0 Å². The molecule has 0 saturated carbocycles. The second kappa shape index (κ2) is 17.4. The minimum atomic E-state index is -1.45. The smallest absolute Gasteiger partial charge is 0.252 e. The molecule has 2 heterocycles. The lowest BCUT2D eigenvalue weighted by molar-refractivity contribution is 1.25. The molecule has 0 atom stereocenters. The summed E-state index contributed by atoms with van der Waals surface area (Å²) < 4.78 is 162. The maximum atomic E-state index is 10.8. The normalized spacial score (nSPS) is 15.6. The van der Waals surface area contributed by atoms with Gasteiger partial charge in [-0.1, -0.05) is 151 Å². The Balaban J connectivity index is 1.36. The number of fused-ring (bicyclic) bond motifs is 4. The van der Waals surface area contributed by atoms with Crippen LogP contribution in [-0.4, -0.2) is 6.71 Å². The molecule has 342 valence electrons. The van der Waals surface area contributed by atoms with E-state index in [0.29, 0.717) is 66.8 Å². The molecule has 0 bridgehead atoms. The van der Waals surface area contributed by atoms with Gasteiger partial charge in [-0.15, -0.1) is 0 Å². The van der Waals surface area contributed by atoms with Gasteiger partial charge in [-0.05, 0) is 220 Å². The summed E-state index contributed by atoms with van der Waals surface area (Å²) >= 11 is 0. The molecule has 0 radical (unpaired) electrons. The summed E-state index contributed by atoms with van der Waals surface area (Å²) in [6.07, 6.45) is 0. The highest BCUT2D eigenvalue weighted by Crippen LogP contribution is 2.48. The SMILES string of the molecule is [2H]c1cccc([2H])c1-c1cc2c3c(c1)N(c1c([2H])c([2H])c(-c4c(C)cccc4C)c([2H])c1[2H])c1c([2H])c([2H])c(-c4c(C)cccc4C)c([2H])c1B3c1c([2H])c(-c3c(C)cccc3C)c([2H])c([2H])c1N2c1c([2H])c([2H])c(-c2c(C)cccc2C)c([2H])c1[2H]. The molecule has 2 nitrogen and oxygen atoms in total. The molecule has 0 unspecified atom stereocenters. The van der Waals surface area contributed by atoms with Crippen molar-refractivity contribution in [1.29, 1.82) is 0 Å². The molecule has 10 aromatic carbocycles. The predicted octanol–water partition coefficient (Wildman–Crippen LogP) is 16.6. The monoisotopic (exact) mass is 929 g/mol. The van der Waals surface area contributed by atoms with Crippen LogP contribution in [0.15, 0.2) is 200 Å². The van der Waals surface area contributed by atoms with Crippen LogP contribution >= 0.6 is 0 Å². The van der Waals surface area contributed by atoms with E-state index in [1.807, 2.05) is 128 Å². The number of rotatable bonds is 7. The van der Waals surface area contributed by atoms with Gasteiger partial charge in [-0.25, -0.2) is 0 Å². The van der Waals surface area contributed by atoms with E-state index in [2.05, 4.69) is 0 Å². The molecule has 0 fully saturated rings. The first kappa shape index (κ1) is 29.8. The number of hydrogen-bond donors (Lipinski definition) is 0. The zero-order valence-corrected chi connectivity index (χ0v) is 40.8. The maximum absolute atomic E-state index is 10.8. The van der Waals surface area contributed by atoms with Crippen LogP contribution in [0.4, 0.5) is 34.1 Å². The van der Waals surface area contributed by atoms with Crippen LogP contribution < -0.4 is 26.2 Å². The summed E-state index contributed by atoms with van der Waals surface area (Å²) in [5.41, 5.74) is 6.46. The van der Waals surface area contributed by atoms with Gasteiger partial charge in [0.15, 0.2) is 0 Å². The summed E-state index contributed by atoms with van der Waals surface area (Å²) in [7, 11) is 0. The zero-order valence-electron chi connectivity index (χ0n) is 56.8. The maximum Gasteiger partial charge on any atom is 0.252 e. The highest BCUT2D eigenvalue weighted by atomic mass is 15.2. The Morgan fingerprint density at radius 1 is 0.310 bits per heavy atom. The van der Waals surface area contributed by atoms with E-state index in [1.165, 1.54) is 21.9 Å². The van der Waals surface area contributed by atoms with Crippen molar-refractivity contribution in [2.45, 2.75) is 55.4 Å². The van der Waals surface area contributed by atoms with Gasteiger partial charge in [0, 0.05) is 34.1 Å². The summed E-state index contributed by atoms with van der Waals surface area (Å²) in [6.45, 7) is 13.1. The fourth-order valence-electron chi connectivity index (χ4n) is 10.9. The molecule has 0 aromatic heterocycles. The van der Waals surface area contributed by atoms with E-state index in [0.717, 1.165) is 0 Å². The van der Waals surface area contributed by atoms with Crippen molar-refractivity contribution in [2.75, 3.05) is 9.80 Å². The zero-order chi connectivity index (χ0) is 62.6. The second-order valence-corrected chi connectivity index (χ2v) is 18.8. The minimum Gasteiger partial charge on any atom is -0.311 e. The lowest BCUT2D eigenvalue weighted by Crippen LogP contribution is -2.61. The van der Waals surface area contributed by atoms with E-state index < -0.39 is 79.2 Å². The average molecular weight is 929 g/mol. The highest BCUT2D eigenvalue weighted by molar-refractivity contribution is 7.00. The van der Waals surface area contributed by atoms with Crippen LogP contribution in [0, 0.1) is 55.4 Å². The largest absolute Gasteiger partial charge is 0.311 e. The topological polar surface area (TPSA) is 6.48 Å². The Bertz CT molecular complexity index is 4300. The van der Waals surface area contributed by atoms with Gasteiger partial charge in [0.2, 0.25) is 0 Å². The molecule has 0 saturated heterocycles. The van der Waals surface area contributed by atoms with Crippen molar-refractivity contribution >= 4 is 57.2 Å². The fraction of sp³-hybridized carbons (Fsp3) is 0.118. The van der Waals surface area contributed by atoms with Gasteiger partial charge in [0.05, 0.1) is 21.9 Å². The number of benzene rings is 10. The number of anilines is 6. The van der Waals surface area contributed by atoms with Crippen LogP contribution in [0.2, 0.25) is 0 Å². The fourth-order valence-corrected chi connectivity index (χ4v) is 10.9. The standard InChI is InChI=1S/C68H57BN2/c1-42-16-12-17-43(2)64(42)51-26-32-56(33-27-51)70-60-36-30-53(66-46(5)20-14-21-47(66)6)38-58(60)69-59-39-54(67-48(7)22-15-23-49(67)8)31-37-61(59)71(57-34-28-52(29-35-57)65-44(3)18-13-19-45(65)4)63-41-55(40-62(70)68(63)69)50-24-10-9-11-25-50/h9-41H,1-8H3/i24D,25D,26D,27D,28D,29D,30D,31D,32D,33D,34D,35D,36D,37D,38D,39D. The average Bonchev–Trinajstić information content (AvgIpc) is 0.679. The molecule has 0 N–H and O–H groups in total. The van der Waals surface area contributed by atoms with Crippen molar-refractivity contribution in [2.24, 2.45) is 0 Å². The molecule has 3 heteroatoms. The molecule has 2 aliphatic heterocycles. The Morgan fingerprint density at radius 2 is 0.634 bits per heavy atom. The molecule has 71 heavy (non-hydrogen) atoms. The van der Waals surface area contributed by atoms with Crippen LogP contribution in [0.3, 0.4) is 0 Å². The van der Waals surface area contributed by atoms with Crippen LogP contribution in [0.25, 0.3) is 55.6 Å². The minimum absolute atomic E-state index is 0.0101. The third-order valence-electron chi connectivity index (χ3n) is 14.1. The van der Waals surface area contributed by atoms with Gasteiger partial charge < -0.3 is 9.80 Å². The van der Waals surface area contributed by atoms with Crippen molar-refractivity contribution in [3.05, 3.63) is 244 Å². The Labute approximate surface area is 443 Å². The van der Waals surface area contributed by atoms with Crippen molar-refractivity contribution in [3.63, 3.8) is 0 Å². The Morgan fingerprint density at radius 3 is 0.986 bits per heavy atom. The van der Waals surface area contributed by atoms with Gasteiger partial charge in [0.25, 0.3) is 6.71 Å². The number of nitrogens with zero attached hydrogens (tertiary/aromatic N) is 2. The van der Waals surface area contributed by atoms with E-state index in [-0.39, 0.29) is 108 Å². The summed E-state index contributed by atoms with van der Waals surface area (Å²) in [5, 5.41) is 0. The van der Waals surface area contributed by atoms with Gasteiger partial charge in [0.1, 0.15) is 0 Å². The lowest BCUT2D eigenvalue weighted by Gasteiger charge is -2.45. The van der Waals surface area contributed by atoms with Crippen molar-refractivity contribution < 1.29 is 21.9 Å². The molecular weight excluding hydrogens is 856 g/mol. The van der Waals surface area contributed by atoms with E-state index in [1.54, 1.807) is 18.2 Å². The van der Waals surface area contributed by atoms with Crippen LogP contribution in [0.1, 0.15) is 66.4 Å². The molecule has 12 rings (SSSR count). The predicted molar refractivity (Wildman–Crippen MR) is 306 cm³/mol. The Kier molecular flexibility index (Phi) is 7.29. The molecule has 2 aliphatic rings. The van der Waals surface area contributed by atoms with Gasteiger partial charge in [-0.2, -0.15) is 0 Å². The third-order valence-corrected chi connectivity index (χ3v) is 14.1. The van der Waals surface area contributed by atoms with Gasteiger partial charge in [-0.3, -0.25) is 0 Å². The molecule has 0 spiro atoms. The molecular formula is C68H57BN2. The first-order chi connectivity index (χ1) is 41.2. The third kappa shape index (κ3) is 7.33. The quantitative estimate of drug-likeness (QED) is 0.147. The van der Waals surface area contributed by atoms with E-state index >= 15 is 0 Å². The highest BCUT2D eigenvalue weighted by Gasteiger charge is 2.44. The molecule has 10 aromatic rings. The van der Waals surface area contributed by atoms with E-state index in [9.17, 15) is 21.9 Å². The molecule has 0 amide bonds. The van der Waals surface area contributed by atoms with Crippen molar-refractivity contribution in [3.8, 4) is 55.6 Å². The first-order valence-corrected chi connectivity index (χ1v) is 23.8. The van der Waals surface area contributed by atoms with E-state index in [4.69, 9.17) is 0 Å². The molecule has 0 aliphatic carbocycles. The first-order valence-electron chi connectivity index (χ1n) is 31.8. The summed E-state index contributed by atoms with van der Waals surface area (Å²) in [5.74, 6) is 0. The van der Waals surface area contributed by atoms with Crippen LogP contribution in [-0.2, 0) is 0 Å². The number of hydrogen-bond acceptors (Lipinski definition) is 2. The Hall–Kier alpha value is -8.14.